The fraction of sp³-hybridized carbons (Fsp3) is 0.261. The lowest BCUT2D eigenvalue weighted by molar-refractivity contribution is -0.116. The molecule has 0 radical (unpaired) electrons. The van der Waals surface area contributed by atoms with Gasteiger partial charge >= 0.3 is 0 Å². The predicted molar refractivity (Wildman–Crippen MR) is 120 cm³/mol. The van der Waals surface area contributed by atoms with Gasteiger partial charge in [-0.3, -0.25) is 10.1 Å². The van der Waals surface area contributed by atoms with E-state index in [0.29, 0.717) is 23.0 Å². The number of aryl methyl sites for hydroxylation is 1. The van der Waals surface area contributed by atoms with E-state index in [4.69, 9.17) is 11.6 Å². The Balaban J connectivity index is 1.77. The van der Waals surface area contributed by atoms with Crippen LogP contribution in [0.25, 0.3) is 5.70 Å². The zero-order chi connectivity index (χ0) is 22.1. The molecule has 6 nitrogen and oxygen atoms in total. The van der Waals surface area contributed by atoms with Gasteiger partial charge in [0.05, 0.1) is 0 Å². The first-order valence-electron chi connectivity index (χ1n) is 10.1. The van der Waals surface area contributed by atoms with E-state index in [0.717, 1.165) is 16.8 Å². The highest BCUT2D eigenvalue weighted by Crippen LogP contribution is 2.37. The average molecular weight is 440 g/mol. The molecule has 1 aromatic heterocycles. The van der Waals surface area contributed by atoms with Crippen molar-refractivity contribution >= 4 is 35.1 Å². The number of aromatic nitrogens is 3. The Labute approximate surface area is 185 Å². The van der Waals surface area contributed by atoms with Crippen LogP contribution in [0.2, 0.25) is 5.02 Å². The lowest BCUT2D eigenvalue weighted by Crippen LogP contribution is -2.21. The molecule has 2 N–H and O–H groups in total. The summed E-state index contributed by atoms with van der Waals surface area (Å²) in [6.45, 7) is 5.93. The third-order valence-corrected chi connectivity index (χ3v) is 5.30. The second-order valence-corrected chi connectivity index (χ2v) is 8.41. The minimum absolute atomic E-state index is 0.157. The second kappa shape index (κ2) is 8.51. The topological polar surface area (TPSA) is 71.8 Å². The average Bonchev–Trinajstić information content (AvgIpc) is 3.10. The molecule has 0 saturated heterocycles. The molecule has 0 saturated carbocycles. The van der Waals surface area contributed by atoms with Gasteiger partial charge in [0.15, 0.2) is 0 Å². The van der Waals surface area contributed by atoms with Gasteiger partial charge in [-0.2, -0.15) is 4.98 Å². The molecule has 1 aliphatic heterocycles. The van der Waals surface area contributed by atoms with Crippen molar-refractivity contribution in [1.82, 2.24) is 14.8 Å². The summed E-state index contributed by atoms with van der Waals surface area (Å²) in [6.07, 6.45) is 2.21. The quantitative estimate of drug-likeness (QED) is 0.556. The Morgan fingerprint density at radius 3 is 2.68 bits per heavy atom. The largest absolute Gasteiger partial charge is 0.324 e. The lowest BCUT2D eigenvalue weighted by Gasteiger charge is -2.25. The SMILES string of the molecule is Cc1ccc(C2=C[C@@H](c3c(F)cccc3Cl)n3nc(NC(=O)CC(C)C)nc3N2)cc1. The van der Waals surface area contributed by atoms with Crippen LogP contribution < -0.4 is 10.6 Å². The number of hydrogen-bond donors (Lipinski definition) is 2. The third kappa shape index (κ3) is 4.46. The summed E-state index contributed by atoms with van der Waals surface area (Å²) in [6, 6.07) is 11.9. The first-order chi connectivity index (χ1) is 14.8. The minimum Gasteiger partial charge on any atom is -0.324 e. The summed E-state index contributed by atoms with van der Waals surface area (Å²) in [4.78, 5) is 16.6. The van der Waals surface area contributed by atoms with Gasteiger partial charge in [-0.25, -0.2) is 9.07 Å². The predicted octanol–water partition coefficient (Wildman–Crippen LogP) is 5.42. The van der Waals surface area contributed by atoms with Gasteiger partial charge in [0.1, 0.15) is 11.9 Å². The molecule has 1 atom stereocenters. The van der Waals surface area contributed by atoms with Crippen LogP contribution in [-0.2, 0) is 4.79 Å². The normalized spacial score (nSPS) is 15.3. The Morgan fingerprint density at radius 1 is 1.26 bits per heavy atom. The van der Waals surface area contributed by atoms with Crippen LogP contribution in [-0.4, -0.2) is 20.7 Å². The van der Waals surface area contributed by atoms with E-state index in [2.05, 4.69) is 20.7 Å². The van der Waals surface area contributed by atoms with Gasteiger partial charge in [0.25, 0.3) is 5.95 Å². The number of halogens is 2. The molecule has 3 aromatic rings. The molecule has 1 aliphatic rings. The van der Waals surface area contributed by atoms with Crippen molar-refractivity contribution in [3.63, 3.8) is 0 Å². The maximum Gasteiger partial charge on any atom is 0.250 e. The zero-order valence-electron chi connectivity index (χ0n) is 17.5. The van der Waals surface area contributed by atoms with Crippen LogP contribution in [0.3, 0.4) is 0 Å². The minimum atomic E-state index is -0.635. The van der Waals surface area contributed by atoms with E-state index in [-0.39, 0.29) is 17.8 Å². The Kier molecular flexibility index (Phi) is 5.78. The molecule has 4 rings (SSSR count). The van der Waals surface area contributed by atoms with E-state index in [9.17, 15) is 9.18 Å². The summed E-state index contributed by atoms with van der Waals surface area (Å²) < 4.78 is 16.3. The summed E-state index contributed by atoms with van der Waals surface area (Å²) in [5.41, 5.74) is 3.10. The number of carbonyl (C=O) groups is 1. The number of amides is 1. The summed E-state index contributed by atoms with van der Waals surface area (Å²) >= 11 is 6.37. The van der Waals surface area contributed by atoms with Crippen LogP contribution >= 0.6 is 11.6 Å². The third-order valence-electron chi connectivity index (χ3n) is 4.97. The van der Waals surface area contributed by atoms with Gasteiger partial charge < -0.3 is 5.32 Å². The van der Waals surface area contributed by atoms with E-state index < -0.39 is 11.9 Å². The fourth-order valence-electron chi connectivity index (χ4n) is 3.49. The zero-order valence-corrected chi connectivity index (χ0v) is 18.2. The number of hydrogen-bond acceptors (Lipinski definition) is 4. The number of rotatable bonds is 5. The molecule has 2 heterocycles. The fourth-order valence-corrected chi connectivity index (χ4v) is 3.77. The van der Waals surface area contributed by atoms with Gasteiger partial charge in [-0.15, -0.1) is 5.10 Å². The highest BCUT2D eigenvalue weighted by atomic mass is 35.5. The van der Waals surface area contributed by atoms with Crippen molar-refractivity contribution in [2.24, 2.45) is 5.92 Å². The number of anilines is 2. The number of nitrogens with zero attached hydrogens (tertiary/aromatic N) is 3. The van der Waals surface area contributed by atoms with Gasteiger partial charge in [-0.05, 0) is 36.6 Å². The Morgan fingerprint density at radius 2 is 2.00 bits per heavy atom. The molecule has 0 unspecified atom stereocenters. The van der Waals surface area contributed by atoms with Crippen LogP contribution in [0.1, 0.15) is 43.0 Å². The maximum atomic E-state index is 14.8. The van der Waals surface area contributed by atoms with Crippen molar-refractivity contribution in [2.45, 2.75) is 33.2 Å². The molecule has 0 fully saturated rings. The standard InChI is InChI=1S/C23H23ClFN5O/c1-13(2)11-20(31)27-22-28-23-26-18(15-9-7-14(3)8-10-15)12-19(30(23)29-22)21-16(24)5-4-6-17(21)25/h4-10,12-13,19H,11H2,1-3H3,(H2,26,27,28,29,31)/t19-/m0/s1. The summed E-state index contributed by atoms with van der Waals surface area (Å²) in [5, 5.41) is 10.7. The molecular weight excluding hydrogens is 417 g/mol. The molecule has 8 heteroatoms. The van der Waals surface area contributed by atoms with Crippen LogP contribution in [0, 0.1) is 18.7 Å². The molecule has 0 aliphatic carbocycles. The molecule has 31 heavy (non-hydrogen) atoms. The van der Waals surface area contributed by atoms with Crippen molar-refractivity contribution in [3.8, 4) is 0 Å². The van der Waals surface area contributed by atoms with Crippen LogP contribution in [0.15, 0.2) is 48.5 Å². The molecular formula is C23H23ClFN5O. The monoisotopic (exact) mass is 439 g/mol. The molecule has 160 valence electrons. The maximum absolute atomic E-state index is 14.8. The summed E-state index contributed by atoms with van der Waals surface area (Å²) in [7, 11) is 0. The summed E-state index contributed by atoms with van der Waals surface area (Å²) in [5.74, 6) is 0.137. The molecule has 1 amide bonds. The number of allylic oxidation sites excluding steroid dienone is 1. The van der Waals surface area contributed by atoms with Gasteiger partial charge in [0, 0.05) is 22.7 Å². The van der Waals surface area contributed by atoms with Crippen molar-refractivity contribution in [1.29, 1.82) is 0 Å². The number of fused-ring (bicyclic) bond motifs is 1. The number of benzene rings is 2. The van der Waals surface area contributed by atoms with Gasteiger partial charge in [0.2, 0.25) is 11.9 Å². The lowest BCUT2D eigenvalue weighted by atomic mass is 10.0. The van der Waals surface area contributed by atoms with Crippen molar-refractivity contribution in [3.05, 3.63) is 76.1 Å². The second-order valence-electron chi connectivity index (χ2n) is 8.00. The van der Waals surface area contributed by atoms with Gasteiger partial charge in [-0.1, -0.05) is 61.3 Å². The molecule has 0 bridgehead atoms. The smallest absolute Gasteiger partial charge is 0.250 e. The highest BCUT2D eigenvalue weighted by Gasteiger charge is 2.29. The number of nitrogens with one attached hydrogen (secondary N) is 2. The van der Waals surface area contributed by atoms with E-state index >= 15 is 0 Å². The highest BCUT2D eigenvalue weighted by molar-refractivity contribution is 6.31. The van der Waals surface area contributed by atoms with Crippen LogP contribution in [0.4, 0.5) is 16.3 Å². The molecule has 0 spiro atoms. The van der Waals surface area contributed by atoms with Crippen LogP contribution in [0.5, 0.6) is 0 Å². The van der Waals surface area contributed by atoms with Crippen molar-refractivity contribution in [2.75, 3.05) is 10.6 Å². The first kappa shape index (κ1) is 21.1. The molecule has 2 aromatic carbocycles. The first-order valence-corrected chi connectivity index (χ1v) is 10.5. The Hall–Kier alpha value is -3.19. The Bertz CT molecular complexity index is 1130. The van der Waals surface area contributed by atoms with E-state index in [1.54, 1.807) is 12.1 Å². The number of carbonyl (C=O) groups excluding carboxylic acids is 1. The van der Waals surface area contributed by atoms with E-state index in [1.807, 2.05) is 51.1 Å². The van der Waals surface area contributed by atoms with Crippen molar-refractivity contribution < 1.29 is 9.18 Å². The van der Waals surface area contributed by atoms with E-state index in [1.165, 1.54) is 10.7 Å².